The van der Waals surface area contributed by atoms with Crippen molar-refractivity contribution in [3.8, 4) is 11.1 Å². The largest absolute Gasteiger partial charge is 0.416 e. The smallest absolute Gasteiger partial charge is 0.298 e. The topological polar surface area (TPSA) is 17.1 Å². The first-order valence-corrected chi connectivity index (χ1v) is 5.76. The predicted molar refractivity (Wildman–Crippen MR) is 67.0 cm³/mol. The standard InChI is InChI=1S/C15H10F4O/c1-9-6-11(15(17,18)19)3-5-13(9)14-7-12(16)4-2-10(14)8-20/h2-8H,1H3. The van der Waals surface area contributed by atoms with Gasteiger partial charge in [0.1, 0.15) is 5.82 Å². The van der Waals surface area contributed by atoms with E-state index in [0.717, 1.165) is 24.3 Å². The van der Waals surface area contributed by atoms with Gasteiger partial charge in [0.25, 0.3) is 0 Å². The summed E-state index contributed by atoms with van der Waals surface area (Å²) in [6.07, 6.45) is -3.88. The van der Waals surface area contributed by atoms with Gasteiger partial charge in [-0.25, -0.2) is 4.39 Å². The number of benzene rings is 2. The number of carbonyl (C=O) groups excluding carboxylic acids is 1. The summed E-state index contributed by atoms with van der Waals surface area (Å²) in [6, 6.07) is 6.72. The molecule has 0 amide bonds. The highest BCUT2D eigenvalue weighted by molar-refractivity contribution is 5.88. The minimum Gasteiger partial charge on any atom is -0.298 e. The van der Waals surface area contributed by atoms with Gasteiger partial charge in [0.2, 0.25) is 0 Å². The second kappa shape index (κ2) is 5.07. The van der Waals surface area contributed by atoms with Crippen LogP contribution in [0.2, 0.25) is 0 Å². The SMILES string of the molecule is Cc1cc(C(F)(F)F)ccc1-c1cc(F)ccc1C=O. The number of hydrogen-bond donors (Lipinski definition) is 0. The van der Waals surface area contributed by atoms with E-state index in [1.807, 2.05) is 0 Å². The van der Waals surface area contributed by atoms with Crippen LogP contribution >= 0.6 is 0 Å². The fourth-order valence-corrected chi connectivity index (χ4v) is 2.01. The van der Waals surface area contributed by atoms with Gasteiger partial charge >= 0.3 is 6.18 Å². The molecule has 0 unspecified atom stereocenters. The maximum Gasteiger partial charge on any atom is 0.416 e. The van der Waals surface area contributed by atoms with Crippen molar-refractivity contribution in [3.05, 3.63) is 58.9 Å². The van der Waals surface area contributed by atoms with Crippen molar-refractivity contribution in [3.63, 3.8) is 0 Å². The maximum absolute atomic E-state index is 13.3. The Bertz CT molecular complexity index is 659. The minimum atomic E-state index is -4.43. The molecule has 0 bridgehead atoms. The van der Waals surface area contributed by atoms with E-state index in [1.54, 1.807) is 0 Å². The first-order valence-electron chi connectivity index (χ1n) is 5.76. The lowest BCUT2D eigenvalue weighted by molar-refractivity contribution is -0.137. The molecule has 0 atom stereocenters. The molecule has 0 spiro atoms. The second-order valence-corrected chi connectivity index (χ2v) is 4.38. The molecule has 104 valence electrons. The highest BCUT2D eigenvalue weighted by Crippen LogP contribution is 2.34. The Morgan fingerprint density at radius 2 is 1.70 bits per heavy atom. The van der Waals surface area contributed by atoms with Crippen LogP contribution in [0.25, 0.3) is 11.1 Å². The zero-order chi connectivity index (χ0) is 14.9. The first-order chi connectivity index (χ1) is 9.32. The number of hydrogen-bond acceptors (Lipinski definition) is 1. The third-order valence-electron chi connectivity index (χ3n) is 2.99. The number of aldehydes is 1. The van der Waals surface area contributed by atoms with Gasteiger partial charge in [-0.15, -0.1) is 0 Å². The molecule has 5 heteroatoms. The summed E-state index contributed by atoms with van der Waals surface area (Å²) in [4.78, 5) is 10.9. The van der Waals surface area contributed by atoms with E-state index < -0.39 is 17.6 Å². The highest BCUT2D eigenvalue weighted by Gasteiger charge is 2.30. The van der Waals surface area contributed by atoms with Crippen LogP contribution in [-0.2, 0) is 6.18 Å². The van der Waals surface area contributed by atoms with Crippen LogP contribution in [-0.4, -0.2) is 6.29 Å². The van der Waals surface area contributed by atoms with Crippen molar-refractivity contribution in [2.45, 2.75) is 13.1 Å². The summed E-state index contributed by atoms with van der Waals surface area (Å²) >= 11 is 0. The van der Waals surface area contributed by atoms with E-state index in [1.165, 1.54) is 19.1 Å². The summed E-state index contributed by atoms with van der Waals surface area (Å²) in [7, 11) is 0. The number of carbonyl (C=O) groups is 1. The van der Waals surface area contributed by atoms with Crippen molar-refractivity contribution in [2.24, 2.45) is 0 Å². The molecule has 2 aromatic rings. The molecule has 0 aliphatic rings. The summed E-state index contributed by atoms with van der Waals surface area (Å²) in [5.41, 5.74) is 0.469. The third kappa shape index (κ3) is 2.71. The highest BCUT2D eigenvalue weighted by atomic mass is 19.4. The molecular formula is C15H10F4O. The lowest BCUT2D eigenvalue weighted by Gasteiger charge is -2.12. The molecule has 2 aromatic carbocycles. The third-order valence-corrected chi connectivity index (χ3v) is 2.99. The Balaban J connectivity index is 2.60. The van der Waals surface area contributed by atoms with Crippen molar-refractivity contribution < 1.29 is 22.4 Å². The average molecular weight is 282 g/mol. The van der Waals surface area contributed by atoms with Crippen molar-refractivity contribution in [1.29, 1.82) is 0 Å². The number of halogens is 4. The molecule has 2 rings (SSSR count). The average Bonchev–Trinajstić information content (AvgIpc) is 2.37. The number of rotatable bonds is 2. The molecule has 1 nitrogen and oxygen atoms in total. The zero-order valence-electron chi connectivity index (χ0n) is 10.5. The molecular weight excluding hydrogens is 272 g/mol. The van der Waals surface area contributed by atoms with Gasteiger partial charge in [-0.3, -0.25) is 4.79 Å². The van der Waals surface area contributed by atoms with Crippen molar-refractivity contribution in [2.75, 3.05) is 0 Å². The van der Waals surface area contributed by atoms with Crippen molar-refractivity contribution in [1.82, 2.24) is 0 Å². The monoisotopic (exact) mass is 282 g/mol. The van der Waals surface area contributed by atoms with Gasteiger partial charge in [-0.2, -0.15) is 13.2 Å². The van der Waals surface area contributed by atoms with Crippen LogP contribution in [0.1, 0.15) is 21.5 Å². The fraction of sp³-hybridized carbons (Fsp3) is 0.133. The van der Waals surface area contributed by atoms with E-state index in [2.05, 4.69) is 0 Å². The first kappa shape index (κ1) is 14.2. The summed E-state index contributed by atoms with van der Waals surface area (Å²) < 4.78 is 51.1. The molecule has 0 heterocycles. The zero-order valence-corrected chi connectivity index (χ0v) is 10.5. The Morgan fingerprint density at radius 3 is 2.25 bits per heavy atom. The Morgan fingerprint density at radius 1 is 1.00 bits per heavy atom. The maximum atomic E-state index is 13.3. The summed E-state index contributed by atoms with van der Waals surface area (Å²) in [6.45, 7) is 1.49. The van der Waals surface area contributed by atoms with Crippen molar-refractivity contribution >= 4 is 6.29 Å². The van der Waals surface area contributed by atoms with E-state index in [0.29, 0.717) is 17.4 Å². The molecule has 0 aromatic heterocycles. The molecule has 0 radical (unpaired) electrons. The minimum absolute atomic E-state index is 0.231. The van der Waals surface area contributed by atoms with Gasteiger partial charge in [0.15, 0.2) is 6.29 Å². The van der Waals surface area contributed by atoms with Gasteiger partial charge in [0, 0.05) is 5.56 Å². The molecule has 0 N–H and O–H groups in total. The van der Waals surface area contributed by atoms with Crippen LogP contribution in [0.3, 0.4) is 0 Å². The molecule has 0 aliphatic carbocycles. The van der Waals surface area contributed by atoms with Gasteiger partial charge < -0.3 is 0 Å². The Hall–Kier alpha value is -2.17. The van der Waals surface area contributed by atoms with Gasteiger partial charge in [-0.1, -0.05) is 6.07 Å². The Labute approximate surface area is 112 Å². The molecule has 0 fully saturated rings. The van der Waals surface area contributed by atoms with E-state index in [9.17, 15) is 22.4 Å². The van der Waals surface area contributed by atoms with Crippen LogP contribution in [0, 0.1) is 12.7 Å². The molecule has 0 saturated heterocycles. The summed E-state index contributed by atoms with van der Waals surface area (Å²) in [5, 5.41) is 0. The molecule has 0 saturated carbocycles. The van der Waals surface area contributed by atoms with Crippen LogP contribution < -0.4 is 0 Å². The molecule has 20 heavy (non-hydrogen) atoms. The predicted octanol–water partition coefficient (Wildman–Crippen LogP) is 4.63. The summed E-state index contributed by atoms with van der Waals surface area (Å²) in [5.74, 6) is -0.551. The van der Waals surface area contributed by atoms with Crippen LogP contribution in [0.15, 0.2) is 36.4 Å². The quantitative estimate of drug-likeness (QED) is 0.579. The van der Waals surface area contributed by atoms with E-state index in [4.69, 9.17) is 0 Å². The molecule has 0 aliphatic heterocycles. The van der Waals surface area contributed by atoms with Crippen LogP contribution in [0.5, 0.6) is 0 Å². The number of alkyl halides is 3. The Kier molecular flexibility index (Phi) is 3.61. The normalized spacial score (nSPS) is 11.4. The fourth-order valence-electron chi connectivity index (χ4n) is 2.01. The number of aryl methyl sites for hydroxylation is 1. The van der Waals surface area contributed by atoms with Crippen LogP contribution in [0.4, 0.5) is 17.6 Å². The second-order valence-electron chi connectivity index (χ2n) is 4.38. The van der Waals surface area contributed by atoms with Gasteiger partial charge in [0.05, 0.1) is 5.56 Å². The van der Waals surface area contributed by atoms with E-state index >= 15 is 0 Å². The van der Waals surface area contributed by atoms with Gasteiger partial charge in [-0.05, 0) is 53.9 Å². The van der Waals surface area contributed by atoms with E-state index in [-0.39, 0.29) is 11.1 Å². The lowest BCUT2D eigenvalue weighted by atomic mass is 9.95. The lowest BCUT2D eigenvalue weighted by Crippen LogP contribution is -2.05.